The van der Waals surface area contributed by atoms with E-state index >= 15 is 0 Å². The first-order valence-electron chi connectivity index (χ1n) is 7.77. The maximum atomic E-state index is 10.3. The topological polar surface area (TPSA) is 32.3 Å². The Hall–Kier alpha value is -1.64. The van der Waals surface area contributed by atoms with Crippen LogP contribution in [0.2, 0.25) is 0 Å². The summed E-state index contributed by atoms with van der Waals surface area (Å²) in [5.74, 6) is 0. The summed E-state index contributed by atoms with van der Waals surface area (Å²) in [5.41, 5.74) is 2.49. The number of aliphatic hydroxyl groups is 1. The van der Waals surface area contributed by atoms with Crippen LogP contribution in [0.25, 0.3) is 16.3 Å². The summed E-state index contributed by atoms with van der Waals surface area (Å²) >= 11 is 0. The molecule has 0 radical (unpaired) electrons. The number of nitrogens with one attached hydrogen (secondary N) is 1. The van der Waals surface area contributed by atoms with Gasteiger partial charge in [0.2, 0.25) is 0 Å². The van der Waals surface area contributed by atoms with Crippen LogP contribution in [0.5, 0.6) is 0 Å². The third-order valence-electron chi connectivity index (χ3n) is 4.18. The van der Waals surface area contributed by atoms with E-state index in [0.717, 1.165) is 12.8 Å². The van der Waals surface area contributed by atoms with Gasteiger partial charge in [-0.05, 0) is 40.8 Å². The summed E-state index contributed by atoms with van der Waals surface area (Å²) in [6.07, 6.45) is 3.62. The zero-order valence-corrected chi connectivity index (χ0v) is 12.7. The van der Waals surface area contributed by atoms with E-state index in [1.54, 1.807) is 0 Å². The smallest absolute Gasteiger partial charge is 0.0879 e. The van der Waals surface area contributed by atoms with Crippen molar-refractivity contribution in [3.63, 3.8) is 0 Å². The van der Waals surface area contributed by atoms with Crippen LogP contribution in [0.3, 0.4) is 0 Å². The number of aliphatic hydroxyl groups excluding tert-OH is 1. The lowest BCUT2D eigenvalue weighted by molar-refractivity contribution is 0.156. The molecular weight excluding hydrogens is 258 g/mol. The van der Waals surface area contributed by atoms with Crippen LogP contribution in [-0.4, -0.2) is 23.3 Å². The van der Waals surface area contributed by atoms with Gasteiger partial charge in [0.1, 0.15) is 0 Å². The lowest BCUT2D eigenvalue weighted by Crippen LogP contribution is -2.44. The molecule has 0 aromatic heterocycles. The van der Waals surface area contributed by atoms with Gasteiger partial charge in [0.15, 0.2) is 0 Å². The molecule has 2 N–H and O–H groups in total. The average Bonchev–Trinajstić information content (AvgIpc) is 2.48. The summed E-state index contributed by atoms with van der Waals surface area (Å²) in [6, 6.07) is 15.5. The minimum Gasteiger partial charge on any atom is -0.387 e. The van der Waals surface area contributed by atoms with Gasteiger partial charge in [-0.3, -0.25) is 0 Å². The number of allylic oxidation sites excluding steroid dienone is 1. The van der Waals surface area contributed by atoms with Crippen LogP contribution in [0.1, 0.15) is 32.3 Å². The molecule has 0 spiro atoms. The molecule has 0 aliphatic heterocycles. The van der Waals surface area contributed by atoms with Crippen LogP contribution in [0.4, 0.5) is 0 Å². The zero-order chi connectivity index (χ0) is 14.8. The Morgan fingerprint density at radius 2 is 1.86 bits per heavy atom. The van der Waals surface area contributed by atoms with E-state index in [2.05, 4.69) is 61.6 Å². The summed E-state index contributed by atoms with van der Waals surface area (Å²) in [6.45, 7) is 4.24. The van der Waals surface area contributed by atoms with Crippen molar-refractivity contribution in [2.24, 2.45) is 0 Å². The van der Waals surface area contributed by atoms with Crippen molar-refractivity contribution in [1.29, 1.82) is 0 Å². The third-order valence-corrected chi connectivity index (χ3v) is 4.18. The molecule has 0 heterocycles. The third kappa shape index (κ3) is 3.17. The number of benzene rings is 2. The molecule has 0 saturated heterocycles. The normalized spacial score (nSPS) is 22.6. The molecule has 0 bridgehead atoms. The Bertz CT molecular complexity index is 659. The monoisotopic (exact) mass is 281 g/mol. The second-order valence-electron chi connectivity index (χ2n) is 6.21. The van der Waals surface area contributed by atoms with Crippen LogP contribution in [-0.2, 0) is 0 Å². The van der Waals surface area contributed by atoms with Gasteiger partial charge in [0.25, 0.3) is 0 Å². The van der Waals surface area contributed by atoms with Gasteiger partial charge in [-0.25, -0.2) is 0 Å². The molecule has 0 amide bonds. The highest BCUT2D eigenvalue weighted by Crippen LogP contribution is 2.29. The number of hydrogen-bond acceptors (Lipinski definition) is 2. The Balaban J connectivity index is 1.86. The van der Waals surface area contributed by atoms with Crippen molar-refractivity contribution in [1.82, 2.24) is 5.32 Å². The van der Waals surface area contributed by atoms with Gasteiger partial charge in [-0.1, -0.05) is 56.3 Å². The Kier molecular flexibility index (Phi) is 4.09. The zero-order valence-electron chi connectivity index (χ0n) is 12.7. The lowest BCUT2D eigenvalue weighted by atomic mass is 9.88. The summed E-state index contributed by atoms with van der Waals surface area (Å²) in [5, 5.41) is 16.3. The van der Waals surface area contributed by atoms with Crippen molar-refractivity contribution in [3.8, 4) is 0 Å². The van der Waals surface area contributed by atoms with E-state index in [1.807, 2.05) is 6.08 Å². The van der Waals surface area contributed by atoms with Gasteiger partial charge in [-0.2, -0.15) is 0 Å². The maximum Gasteiger partial charge on any atom is 0.0879 e. The summed E-state index contributed by atoms with van der Waals surface area (Å²) in [7, 11) is 0. The second kappa shape index (κ2) is 6.00. The minimum absolute atomic E-state index is 0.175. The molecule has 1 aliphatic carbocycles. The predicted molar refractivity (Wildman–Crippen MR) is 89.2 cm³/mol. The standard InChI is InChI=1S/C19H23NO/c1-13(2)20-18-10-9-17(12-19(18)21)16-8-7-14-5-3-4-6-15(14)11-16/h3-8,11-13,18-21H,9-10H2,1-2H3/t18-,19-/m0/s1. The molecule has 3 rings (SSSR count). The second-order valence-corrected chi connectivity index (χ2v) is 6.21. The fourth-order valence-electron chi connectivity index (χ4n) is 3.13. The molecule has 2 atom stereocenters. The van der Waals surface area contributed by atoms with Crippen molar-refractivity contribution in [2.45, 2.75) is 44.9 Å². The molecule has 2 nitrogen and oxygen atoms in total. The van der Waals surface area contributed by atoms with Crippen molar-refractivity contribution < 1.29 is 5.11 Å². The first-order chi connectivity index (χ1) is 10.1. The van der Waals surface area contributed by atoms with Gasteiger partial charge in [-0.15, -0.1) is 0 Å². The average molecular weight is 281 g/mol. The first-order valence-corrected chi connectivity index (χ1v) is 7.77. The highest BCUT2D eigenvalue weighted by atomic mass is 16.3. The number of fused-ring (bicyclic) bond motifs is 1. The van der Waals surface area contributed by atoms with E-state index < -0.39 is 6.10 Å². The van der Waals surface area contributed by atoms with Crippen LogP contribution in [0, 0.1) is 0 Å². The fraction of sp³-hybridized carbons (Fsp3) is 0.368. The van der Waals surface area contributed by atoms with Crippen LogP contribution < -0.4 is 5.32 Å². The molecule has 2 aromatic carbocycles. The molecule has 110 valence electrons. The fourth-order valence-corrected chi connectivity index (χ4v) is 3.13. The molecule has 21 heavy (non-hydrogen) atoms. The maximum absolute atomic E-state index is 10.3. The summed E-state index contributed by atoms with van der Waals surface area (Å²) < 4.78 is 0. The molecule has 2 aromatic rings. The molecule has 0 fully saturated rings. The number of rotatable bonds is 3. The van der Waals surface area contributed by atoms with Gasteiger partial charge in [0, 0.05) is 12.1 Å². The van der Waals surface area contributed by atoms with Gasteiger partial charge >= 0.3 is 0 Å². The van der Waals surface area contributed by atoms with E-state index in [4.69, 9.17) is 0 Å². The van der Waals surface area contributed by atoms with Gasteiger partial charge in [0.05, 0.1) is 6.10 Å². The van der Waals surface area contributed by atoms with E-state index in [0.29, 0.717) is 6.04 Å². The van der Waals surface area contributed by atoms with Crippen molar-refractivity contribution in [2.75, 3.05) is 0 Å². The Morgan fingerprint density at radius 1 is 1.10 bits per heavy atom. The van der Waals surface area contributed by atoms with Gasteiger partial charge < -0.3 is 10.4 Å². The molecule has 0 saturated carbocycles. The molecule has 1 aliphatic rings. The molecule has 0 unspecified atom stereocenters. The van der Waals surface area contributed by atoms with Crippen molar-refractivity contribution in [3.05, 3.63) is 54.1 Å². The molecule has 2 heteroatoms. The minimum atomic E-state index is -0.400. The number of hydrogen-bond donors (Lipinski definition) is 2. The first kappa shape index (κ1) is 14.3. The highest BCUT2D eigenvalue weighted by molar-refractivity contribution is 5.86. The predicted octanol–water partition coefficient (Wildman–Crippen LogP) is 3.74. The van der Waals surface area contributed by atoms with Crippen LogP contribution in [0.15, 0.2) is 48.5 Å². The van der Waals surface area contributed by atoms with Crippen LogP contribution >= 0.6 is 0 Å². The molecular formula is C19H23NO. The van der Waals surface area contributed by atoms with E-state index in [9.17, 15) is 5.11 Å². The summed E-state index contributed by atoms with van der Waals surface area (Å²) in [4.78, 5) is 0. The lowest BCUT2D eigenvalue weighted by Gasteiger charge is -2.29. The SMILES string of the molecule is CC(C)N[C@H]1CCC(c2ccc3ccccc3c2)=C[C@@H]1O. The van der Waals surface area contributed by atoms with Crippen molar-refractivity contribution >= 4 is 16.3 Å². The van der Waals surface area contributed by atoms with E-state index in [-0.39, 0.29) is 6.04 Å². The largest absolute Gasteiger partial charge is 0.387 e. The quantitative estimate of drug-likeness (QED) is 0.898. The van der Waals surface area contributed by atoms with E-state index in [1.165, 1.54) is 21.9 Å². The Labute approximate surface area is 126 Å². The highest BCUT2D eigenvalue weighted by Gasteiger charge is 2.23. The Morgan fingerprint density at radius 3 is 2.57 bits per heavy atom.